The maximum absolute atomic E-state index is 14.1. The van der Waals surface area contributed by atoms with Gasteiger partial charge in [0.15, 0.2) is 21.0 Å². The summed E-state index contributed by atoms with van der Waals surface area (Å²) in [5.74, 6) is -2.77. The lowest BCUT2D eigenvalue weighted by Gasteiger charge is -2.36. The Morgan fingerprint density at radius 2 is 1.73 bits per heavy atom. The molecule has 0 spiro atoms. The number of halogens is 2. The molecule has 0 amide bonds. The van der Waals surface area contributed by atoms with Crippen molar-refractivity contribution >= 4 is 39.1 Å². The molecule has 0 saturated carbocycles. The highest BCUT2D eigenvalue weighted by Crippen LogP contribution is 2.31. The van der Waals surface area contributed by atoms with Gasteiger partial charge in [0.1, 0.15) is 22.3 Å². The number of nitrogens with two attached hydrogens (primary N) is 1. The highest BCUT2D eigenvalue weighted by atomic mass is 32.2. The maximum Gasteiger partial charge on any atom is 0.212 e. The quantitative estimate of drug-likeness (QED) is 0.208. The molecule has 3 aromatic rings. The summed E-state index contributed by atoms with van der Waals surface area (Å²) in [6.07, 6.45) is 1.45. The molecule has 2 saturated heterocycles. The predicted molar refractivity (Wildman–Crippen MR) is 156 cm³/mol. The van der Waals surface area contributed by atoms with Crippen molar-refractivity contribution < 1.29 is 17.8 Å². The number of piperazine rings is 1. The van der Waals surface area contributed by atoms with Crippen LogP contribution in [0.25, 0.3) is 0 Å². The summed E-state index contributed by atoms with van der Waals surface area (Å²) in [6.45, 7) is 8.59. The van der Waals surface area contributed by atoms with Gasteiger partial charge in [-0.2, -0.15) is 0 Å². The van der Waals surface area contributed by atoms with Crippen LogP contribution in [0.5, 0.6) is 0 Å². The fraction of sp³-hybridized carbons (Fsp3) is 0.429. The fourth-order valence-electron chi connectivity index (χ4n) is 5.47. The number of hydrogen-bond donors (Lipinski definition) is 3. The summed E-state index contributed by atoms with van der Waals surface area (Å²) in [7, 11) is -1.68. The Kier molecular flexibility index (Phi) is 8.91. The average Bonchev–Trinajstić information content (AvgIpc) is 3.28. The van der Waals surface area contributed by atoms with Crippen molar-refractivity contribution in [1.29, 1.82) is 0 Å². The van der Waals surface area contributed by atoms with E-state index in [1.165, 1.54) is 11.6 Å². The van der Waals surface area contributed by atoms with Gasteiger partial charge in [-0.1, -0.05) is 33.7 Å². The number of aromatic nitrogens is 1. The first kappa shape index (κ1) is 28.7. The minimum absolute atomic E-state index is 0.00330. The second-order valence-electron chi connectivity index (χ2n) is 10.6. The van der Waals surface area contributed by atoms with Crippen LogP contribution in [0.2, 0.25) is 0 Å². The third kappa shape index (κ3) is 6.58. The molecule has 3 heterocycles. The van der Waals surface area contributed by atoms with Crippen LogP contribution in [0.15, 0.2) is 47.4 Å². The lowest BCUT2D eigenvalue weighted by molar-refractivity contribution is 0.103. The number of benzene rings is 2. The van der Waals surface area contributed by atoms with E-state index in [2.05, 4.69) is 46.5 Å². The Bertz CT molecular complexity index is 1350. The van der Waals surface area contributed by atoms with E-state index in [0.29, 0.717) is 30.3 Å². The number of rotatable bonds is 8. The van der Waals surface area contributed by atoms with Gasteiger partial charge in [0.05, 0.1) is 5.56 Å². The number of thiazole rings is 1. The van der Waals surface area contributed by atoms with Gasteiger partial charge in [-0.25, -0.2) is 13.8 Å². The van der Waals surface area contributed by atoms with Gasteiger partial charge in [0.25, 0.3) is 0 Å². The molecular formula is C28H35F2N6O2S2+. The van der Waals surface area contributed by atoms with Crippen molar-refractivity contribution in [1.82, 2.24) is 19.5 Å². The normalized spacial score (nSPS) is 21.8. The second-order valence-corrected chi connectivity index (χ2v) is 13.3. The molecule has 1 unspecified atom stereocenters. The highest BCUT2D eigenvalue weighted by Gasteiger charge is 2.30. The van der Waals surface area contributed by atoms with Crippen LogP contribution in [0, 0.1) is 11.6 Å². The Morgan fingerprint density at radius 3 is 2.35 bits per heavy atom. The molecule has 0 aliphatic carbocycles. The zero-order chi connectivity index (χ0) is 28.4. The Balaban J connectivity index is 1.14. The monoisotopic (exact) mass is 589 g/mol. The Labute approximate surface area is 239 Å². The van der Waals surface area contributed by atoms with Crippen LogP contribution in [0.4, 0.5) is 19.7 Å². The van der Waals surface area contributed by atoms with Crippen molar-refractivity contribution in [2.45, 2.75) is 56.3 Å². The molecule has 12 heteroatoms. The Morgan fingerprint density at radius 1 is 1.10 bits per heavy atom. The summed E-state index contributed by atoms with van der Waals surface area (Å²) >= 11 is 0.983. The molecule has 0 radical (unpaired) electrons. The van der Waals surface area contributed by atoms with E-state index in [1.54, 1.807) is 0 Å². The second kappa shape index (κ2) is 12.4. The number of ketones is 1. The van der Waals surface area contributed by atoms with E-state index in [4.69, 9.17) is 5.73 Å². The standard InChI is InChI=1S/C28H34F2N6O2S2/c1-17-14-35(15-18(2)32-17)16-19-6-8-21(9-7-19)40(38)36-12-10-20(11-13-36)33-28-34-27(31)26(39-28)25(37)24-22(29)4-3-5-23(24)30/h3-9,17-18,20,32H,10-16,31H2,1-2H3,(H,33,34)/p+1/t17-,18+,40?. The van der Waals surface area contributed by atoms with Crippen LogP contribution < -0.4 is 16.4 Å². The highest BCUT2D eigenvalue weighted by molar-refractivity contribution is 7.82. The van der Waals surface area contributed by atoms with Crippen LogP contribution in [-0.2, 0) is 21.7 Å². The van der Waals surface area contributed by atoms with E-state index in [1.807, 2.05) is 16.4 Å². The van der Waals surface area contributed by atoms with Crippen molar-refractivity contribution in [2.24, 2.45) is 0 Å². The molecule has 2 aliphatic heterocycles. The van der Waals surface area contributed by atoms with Gasteiger partial charge in [0, 0.05) is 50.8 Å². The lowest BCUT2D eigenvalue weighted by Crippen LogP contribution is -2.53. The number of thiol groups is 1. The predicted octanol–water partition coefficient (Wildman–Crippen LogP) is 3.96. The van der Waals surface area contributed by atoms with Crippen LogP contribution in [0.1, 0.15) is 47.5 Å². The SMILES string of the molecule is C[C@@H]1CN(Cc2ccc([SH+](=O)N3CCC(Nc4nc(N)c(C(=O)c5c(F)cccc5F)s4)CC3)cc2)C[C@H](C)N1. The molecule has 3 atom stereocenters. The minimum atomic E-state index is -1.68. The van der Waals surface area contributed by atoms with Gasteiger partial charge in [-0.05, 0) is 56.5 Å². The average molecular weight is 590 g/mol. The van der Waals surface area contributed by atoms with E-state index < -0.39 is 34.0 Å². The van der Waals surface area contributed by atoms with E-state index in [-0.39, 0.29) is 16.7 Å². The summed E-state index contributed by atoms with van der Waals surface area (Å²) < 4.78 is 43.5. The first-order valence-corrected chi connectivity index (χ1v) is 15.5. The molecule has 2 aromatic carbocycles. The molecule has 214 valence electrons. The van der Waals surface area contributed by atoms with Crippen LogP contribution in [-0.4, -0.2) is 64.3 Å². The van der Waals surface area contributed by atoms with E-state index in [9.17, 15) is 17.8 Å². The number of nitrogens with zero attached hydrogens (tertiary/aromatic N) is 3. The summed E-state index contributed by atoms with van der Waals surface area (Å²) in [5.41, 5.74) is 6.51. The van der Waals surface area contributed by atoms with Gasteiger partial charge in [-0.3, -0.25) is 9.69 Å². The third-order valence-electron chi connectivity index (χ3n) is 7.30. The smallest absolute Gasteiger partial charge is 0.212 e. The van der Waals surface area contributed by atoms with Crippen molar-refractivity contribution in [2.75, 3.05) is 37.2 Å². The van der Waals surface area contributed by atoms with Gasteiger partial charge < -0.3 is 16.4 Å². The van der Waals surface area contributed by atoms with Gasteiger partial charge in [-0.15, -0.1) is 4.31 Å². The van der Waals surface area contributed by atoms with Crippen LogP contribution >= 0.6 is 11.3 Å². The molecule has 2 aliphatic rings. The first-order valence-electron chi connectivity index (χ1n) is 13.5. The maximum atomic E-state index is 14.1. The summed E-state index contributed by atoms with van der Waals surface area (Å²) in [6, 6.07) is 12.4. The summed E-state index contributed by atoms with van der Waals surface area (Å²) in [5, 5.41) is 7.26. The fourth-order valence-corrected chi connectivity index (χ4v) is 7.70. The van der Waals surface area contributed by atoms with E-state index >= 15 is 0 Å². The topological polar surface area (TPSA) is 104 Å². The largest absolute Gasteiger partial charge is 0.382 e. The minimum Gasteiger partial charge on any atom is -0.382 e. The summed E-state index contributed by atoms with van der Waals surface area (Å²) in [4.78, 5) is 20.2. The molecule has 2 fully saturated rings. The molecule has 8 nitrogen and oxygen atoms in total. The van der Waals surface area contributed by atoms with Gasteiger partial charge >= 0.3 is 0 Å². The lowest BCUT2D eigenvalue weighted by atomic mass is 10.1. The number of carbonyl (C=O) groups excluding carboxylic acids is 1. The number of carbonyl (C=O) groups is 1. The van der Waals surface area contributed by atoms with Crippen molar-refractivity contribution in [3.8, 4) is 0 Å². The number of nitrogens with one attached hydrogen (secondary N) is 2. The zero-order valence-electron chi connectivity index (χ0n) is 22.6. The number of piperidine rings is 1. The Hall–Kier alpha value is -2.77. The van der Waals surface area contributed by atoms with E-state index in [0.717, 1.165) is 60.8 Å². The molecule has 40 heavy (non-hydrogen) atoms. The zero-order valence-corrected chi connectivity index (χ0v) is 24.3. The van der Waals surface area contributed by atoms with Crippen molar-refractivity contribution in [3.05, 3.63) is 70.1 Å². The molecule has 1 aromatic heterocycles. The molecule has 5 rings (SSSR count). The number of hydrogen-bond acceptors (Lipinski definition) is 8. The third-order valence-corrected chi connectivity index (χ3v) is 9.96. The molecular weight excluding hydrogens is 554 g/mol. The van der Waals surface area contributed by atoms with Crippen molar-refractivity contribution in [3.63, 3.8) is 0 Å². The van der Waals surface area contributed by atoms with Crippen LogP contribution in [0.3, 0.4) is 0 Å². The number of nitrogen functional groups attached to an aromatic ring is 1. The molecule has 0 bridgehead atoms. The van der Waals surface area contributed by atoms with Gasteiger partial charge in [0.2, 0.25) is 5.78 Å². The number of anilines is 2. The first-order chi connectivity index (χ1) is 19.2. The molecule has 4 N–H and O–H groups in total.